The van der Waals surface area contributed by atoms with Gasteiger partial charge >= 0.3 is 5.97 Å². The van der Waals surface area contributed by atoms with Crippen LogP contribution < -0.4 is 0 Å². The van der Waals surface area contributed by atoms with Gasteiger partial charge in [0.1, 0.15) is 0 Å². The van der Waals surface area contributed by atoms with E-state index < -0.39 is 15.8 Å². The smallest absolute Gasteiger partial charge is 0.358 e. The van der Waals surface area contributed by atoms with Crippen molar-refractivity contribution in [2.45, 2.75) is 43.9 Å². The lowest BCUT2D eigenvalue weighted by molar-refractivity contribution is 0.0690. The highest BCUT2D eigenvalue weighted by Gasteiger charge is 2.27. The molecule has 0 bridgehead atoms. The molecule has 0 atom stereocenters. The van der Waals surface area contributed by atoms with Crippen LogP contribution in [0.2, 0.25) is 0 Å². The fourth-order valence-corrected chi connectivity index (χ4v) is 4.14. The van der Waals surface area contributed by atoms with Gasteiger partial charge in [0.05, 0.1) is 23.7 Å². The number of aryl methyl sites for hydroxylation is 1. The summed E-state index contributed by atoms with van der Waals surface area (Å²) in [5, 5.41) is 15.5. The summed E-state index contributed by atoms with van der Waals surface area (Å²) in [4.78, 5) is 10.6. The molecule has 1 aliphatic carbocycles. The molecule has 1 aliphatic rings. The van der Waals surface area contributed by atoms with Gasteiger partial charge in [0.2, 0.25) is 0 Å². The monoisotopic (exact) mass is 287 g/mol. The summed E-state index contributed by atoms with van der Waals surface area (Å²) in [5.74, 6) is -1.18. The number of aromatic carboxylic acids is 1. The van der Waals surface area contributed by atoms with Gasteiger partial charge in [-0.1, -0.05) is 24.5 Å². The predicted octanol–water partition coefficient (Wildman–Crippen LogP) is 0.724. The van der Waals surface area contributed by atoms with Gasteiger partial charge in [0, 0.05) is 0 Å². The molecule has 1 aromatic rings. The third-order valence-corrected chi connectivity index (χ3v) is 5.66. The van der Waals surface area contributed by atoms with Crippen LogP contribution in [0.1, 0.15) is 42.6 Å². The number of sulfone groups is 1. The molecule has 0 saturated heterocycles. The van der Waals surface area contributed by atoms with Crippen molar-refractivity contribution in [3.8, 4) is 0 Å². The van der Waals surface area contributed by atoms with Crippen LogP contribution in [0.4, 0.5) is 0 Å². The SMILES string of the molecule is O=C(O)c1cn(CCS(=O)(=O)C2CCCCC2)nn1. The van der Waals surface area contributed by atoms with Crippen molar-refractivity contribution < 1.29 is 18.3 Å². The maximum absolute atomic E-state index is 12.1. The highest BCUT2D eigenvalue weighted by atomic mass is 32.2. The van der Waals surface area contributed by atoms with Crippen LogP contribution in [0.25, 0.3) is 0 Å². The Hall–Kier alpha value is -1.44. The molecule has 8 heteroatoms. The number of nitrogens with zero attached hydrogens (tertiary/aromatic N) is 3. The molecule has 1 saturated carbocycles. The van der Waals surface area contributed by atoms with E-state index >= 15 is 0 Å². The maximum Gasteiger partial charge on any atom is 0.358 e. The van der Waals surface area contributed by atoms with Crippen LogP contribution in [0.3, 0.4) is 0 Å². The first-order valence-electron chi connectivity index (χ1n) is 6.34. The summed E-state index contributed by atoms with van der Waals surface area (Å²) in [6.07, 6.45) is 5.77. The van der Waals surface area contributed by atoms with Gasteiger partial charge < -0.3 is 5.11 Å². The number of hydrogen-bond donors (Lipinski definition) is 1. The van der Waals surface area contributed by atoms with E-state index in [1.165, 1.54) is 10.9 Å². The summed E-state index contributed by atoms with van der Waals surface area (Å²) < 4.78 is 25.5. The van der Waals surface area contributed by atoms with Gasteiger partial charge in [-0.3, -0.25) is 4.68 Å². The third-order valence-electron chi connectivity index (χ3n) is 3.42. The van der Waals surface area contributed by atoms with E-state index in [-0.39, 0.29) is 23.2 Å². The first-order chi connectivity index (χ1) is 8.99. The van der Waals surface area contributed by atoms with Gasteiger partial charge in [-0.2, -0.15) is 0 Å². The molecule has 0 aliphatic heterocycles. The summed E-state index contributed by atoms with van der Waals surface area (Å²) in [7, 11) is -3.13. The standard InChI is InChI=1S/C11H17N3O4S/c15-11(16)10-8-14(13-12-10)6-7-19(17,18)9-4-2-1-3-5-9/h8-9H,1-7H2,(H,15,16). The minimum atomic E-state index is -3.13. The molecule has 2 rings (SSSR count). The summed E-state index contributed by atoms with van der Waals surface area (Å²) in [5.41, 5.74) is -0.171. The lowest BCUT2D eigenvalue weighted by Crippen LogP contribution is -2.28. The fraction of sp³-hybridized carbons (Fsp3) is 0.727. The molecule has 106 valence electrons. The van der Waals surface area contributed by atoms with Crippen LogP contribution >= 0.6 is 0 Å². The van der Waals surface area contributed by atoms with Crippen LogP contribution in [0, 0.1) is 0 Å². The van der Waals surface area contributed by atoms with Gasteiger partial charge in [-0.05, 0) is 12.8 Å². The molecule has 0 amide bonds. The number of hydrogen-bond acceptors (Lipinski definition) is 5. The van der Waals surface area contributed by atoms with E-state index in [1.807, 2.05) is 0 Å². The molecule has 1 heterocycles. The quantitative estimate of drug-likeness (QED) is 0.856. The van der Waals surface area contributed by atoms with Crippen molar-refractivity contribution in [3.05, 3.63) is 11.9 Å². The second-order valence-corrected chi connectivity index (χ2v) is 7.20. The van der Waals surface area contributed by atoms with Crippen LogP contribution in [-0.2, 0) is 16.4 Å². The zero-order valence-electron chi connectivity index (χ0n) is 10.5. The number of rotatable bonds is 5. The van der Waals surface area contributed by atoms with E-state index in [9.17, 15) is 13.2 Å². The third kappa shape index (κ3) is 3.52. The Morgan fingerprint density at radius 2 is 2.05 bits per heavy atom. The highest BCUT2D eigenvalue weighted by molar-refractivity contribution is 7.92. The first kappa shape index (κ1) is 14.0. The zero-order chi connectivity index (χ0) is 13.9. The Bertz CT molecular complexity index is 546. The van der Waals surface area contributed by atoms with Crippen LogP contribution in [0.15, 0.2) is 6.20 Å². The van der Waals surface area contributed by atoms with Crippen molar-refractivity contribution in [1.29, 1.82) is 0 Å². The van der Waals surface area contributed by atoms with E-state index in [0.717, 1.165) is 32.1 Å². The minimum absolute atomic E-state index is 0.0138. The Morgan fingerprint density at radius 1 is 1.37 bits per heavy atom. The van der Waals surface area contributed by atoms with Gasteiger partial charge in [0.25, 0.3) is 0 Å². The molecule has 7 nitrogen and oxygen atoms in total. The van der Waals surface area contributed by atoms with Crippen molar-refractivity contribution in [2.75, 3.05) is 5.75 Å². The van der Waals surface area contributed by atoms with Gasteiger partial charge in [0.15, 0.2) is 15.5 Å². The average molecular weight is 287 g/mol. The molecule has 1 fully saturated rings. The fourth-order valence-electron chi connectivity index (χ4n) is 2.32. The molecule has 19 heavy (non-hydrogen) atoms. The van der Waals surface area contributed by atoms with E-state index in [0.29, 0.717) is 0 Å². The lowest BCUT2D eigenvalue weighted by Gasteiger charge is -2.21. The summed E-state index contributed by atoms with van der Waals surface area (Å²) in [6, 6.07) is 0. The largest absolute Gasteiger partial charge is 0.476 e. The molecule has 0 unspecified atom stereocenters. The molecule has 0 aromatic carbocycles. The van der Waals surface area contributed by atoms with E-state index in [1.54, 1.807) is 0 Å². The number of carbonyl (C=O) groups is 1. The van der Waals surface area contributed by atoms with Gasteiger partial charge in [-0.15, -0.1) is 5.10 Å². The minimum Gasteiger partial charge on any atom is -0.476 e. The lowest BCUT2D eigenvalue weighted by atomic mass is 10.0. The van der Waals surface area contributed by atoms with Crippen molar-refractivity contribution in [1.82, 2.24) is 15.0 Å². The molecule has 1 aromatic heterocycles. The number of carboxylic acids is 1. The number of aromatic nitrogens is 3. The first-order valence-corrected chi connectivity index (χ1v) is 8.05. The van der Waals surface area contributed by atoms with E-state index in [2.05, 4.69) is 10.3 Å². The predicted molar refractivity (Wildman–Crippen MR) is 67.6 cm³/mol. The maximum atomic E-state index is 12.1. The van der Waals surface area contributed by atoms with Crippen LogP contribution in [0.5, 0.6) is 0 Å². The highest BCUT2D eigenvalue weighted by Crippen LogP contribution is 2.24. The molecule has 0 spiro atoms. The molecular weight excluding hydrogens is 270 g/mol. The Labute approximate surface area is 111 Å². The Kier molecular flexibility index (Phi) is 4.18. The zero-order valence-corrected chi connectivity index (χ0v) is 11.3. The Balaban J connectivity index is 1.94. The molecular formula is C11H17N3O4S. The van der Waals surface area contributed by atoms with Crippen molar-refractivity contribution in [2.24, 2.45) is 0 Å². The topological polar surface area (TPSA) is 102 Å². The second-order valence-electron chi connectivity index (χ2n) is 4.80. The summed E-state index contributed by atoms with van der Waals surface area (Å²) in [6.45, 7) is 0.152. The molecule has 0 radical (unpaired) electrons. The Morgan fingerprint density at radius 3 is 2.63 bits per heavy atom. The average Bonchev–Trinajstić information content (AvgIpc) is 2.87. The van der Waals surface area contributed by atoms with Gasteiger partial charge in [-0.25, -0.2) is 13.2 Å². The van der Waals surface area contributed by atoms with Crippen molar-refractivity contribution >= 4 is 15.8 Å². The molecule has 1 N–H and O–H groups in total. The van der Waals surface area contributed by atoms with Crippen molar-refractivity contribution in [3.63, 3.8) is 0 Å². The van der Waals surface area contributed by atoms with Crippen LogP contribution in [-0.4, -0.2) is 45.5 Å². The second kappa shape index (κ2) is 5.68. The summed E-state index contributed by atoms with van der Waals surface area (Å²) >= 11 is 0. The normalized spacial score (nSPS) is 17.5. The number of carboxylic acid groups (broad SMARTS) is 1. The van der Waals surface area contributed by atoms with E-state index in [4.69, 9.17) is 5.11 Å².